The average molecular weight is 215 g/mol. The molecule has 1 fully saturated rings. The number of unbranched alkanes of at least 4 members (excludes halogenated alkanes) is 1. The molecule has 0 aromatic heterocycles. The predicted octanol–water partition coefficient (Wildman–Crippen LogP) is 1.13. The zero-order valence-corrected chi connectivity index (χ0v) is 8.93. The van der Waals surface area contributed by atoms with Crippen molar-refractivity contribution < 1.29 is 9.59 Å². The van der Waals surface area contributed by atoms with Crippen molar-refractivity contribution in [1.29, 1.82) is 0 Å². The van der Waals surface area contributed by atoms with Gasteiger partial charge in [0.1, 0.15) is 0 Å². The Kier molecular flexibility index (Phi) is 2.91. The first-order chi connectivity index (χ1) is 7.75. The molecule has 0 saturated carbocycles. The highest BCUT2D eigenvalue weighted by molar-refractivity contribution is 6.07. The molecule has 16 heavy (non-hydrogen) atoms. The number of imide groups is 1. The fourth-order valence-electron chi connectivity index (χ4n) is 2.11. The second-order valence-electron chi connectivity index (χ2n) is 3.96. The molecule has 3 nitrogen and oxygen atoms in total. The summed E-state index contributed by atoms with van der Waals surface area (Å²) in [6.07, 6.45) is 13.6. The maximum Gasteiger partial charge on any atom is 0.237 e. The van der Waals surface area contributed by atoms with E-state index in [1.54, 1.807) is 12.2 Å². The number of hydrogen-bond acceptors (Lipinski definition) is 2. The van der Waals surface area contributed by atoms with E-state index in [1.165, 1.54) is 4.90 Å². The molecule has 0 aromatic rings. The summed E-state index contributed by atoms with van der Waals surface area (Å²) in [7, 11) is 0. The Labute approximate surface area is 94.8 Å². The highest BCUT2D eigenvalue weighted by Crippen LogP contribution is 2.30. The lowest BCUT2D eigenvalue weighted by Crippen LogP contribution is -2.31. The van der Waals surface area contributed by atoms with Crippen LogP contribution in [0.5, 0.6) is 0 Å². The van der Waals surface area contributed by atoms with Gasteiger partial charge in [0.25, 0.3) is 0 Å². The molecule has 0 spiro atoms. The van der Waals surface area contributed by atoms with Gasteiger partial charge in [0, 0.05) is 13.0 Å². The van der Waals surface area contributed by atoms with Crippen LogP contribution in [-0.4, -0.2) is 23.3 Å². The zero-order valence-electron chi connectivity index (χ0n) is 8.93. The topological polar surface area (TPSA) is 37.4 Å². The predicted molar refractivity (Wildman–Crippen MR) is 60.0 cm³/mol. The van der Waals surface area contributed by atoms with E-state index in [4.69, 9.17) is 6.42 Å². The van der Waals surface area contributed by atoms with Crippen LogP contribution in [0.3, 0.4) is 0 Å². The first kappa shape index (κ1) is 10.7. The van der Waals surface area contributed by atoms with E-state index in [2.05, 4.69) is 5.92 Å². The quantitative estimate of drug-likeness (QED) is 0.402. The van der Waals surface area contributed by atoms with Gasteiger partial charge < -0.3 is 0 Å². The van der Waals surface area contributed by atoms with Crippen molar-refractivity contribution in [3.05, 3.63) is 24.3 Å². The number of nitrogens with zero attached hydrogens (tertiary/aromatic N) is 1. The normalized spacial score (nSPS) is 27.1. The van der Waals surface area contributed by atoms with Crippen molar-refractivity contribution in [2.45, 2.75) is 12.8 Å². The van der Waals surface area contributed by atoms with Gasteiger partial charge in [-0.25, -0.2) is 0 Å². The number of hydrogen-bond donors (Lipinski definition) is 0. The summed E-state index contributed by atoms with van der Waals surface area (Å²) >= 11 is 0. The molecule has 2 atom stereocenters. The Morgan fingerprint density at radius 3 is 2.25 bits per heavy atom. The summed E-state index contributed by atoms with van der Waals surface area (Å²) in [5, 5.41) is 0. The highest BCUT2D eigenvalue weighted by atomic mass is 16.2. The van der Waals surface area contributed by atoms with Gasteiger partial charge in [-0.3, -0.25) is 14.5 Å². The van der Waals surface area contributed by atoms with Crippen molar-refractivity contribution in [3.8, 4) is 12.3 Å². The van der Waals surface area contributed by atoms with Crippen LogP contribution >= 0.6 is 0 Å². The molecule has 1 aliphatic heterocycles. The number of amides is 2. The third kappa shape index (κ3) is 1.67. The van der Waals surface area contributed by atoms with E-state index in [-0.39, 0.29) is 23.7 Å². The van der Waals surface area contributed by atoms with Crippen LogP contribution in [0.4, 0.5) is 0 Å². The molecular formula is C13H13NO2. The van der Waals surface area contributed by atoms with Gasteiger partial charge in [-0.15, -0.1) is 12.3 Å². The summed E-state index contributed by atoms with van der Waals surface area (Å²) < 4.78 is 0. The Morgan fingerprint density at radius 1 is 1.19 bits per heavy atom. The van der Waals surface area contributed by atoms with E-state index >= 15 is 0 Å². The summed E-state index contributed by atoms with van der Waals surface area (Å²) in [6.45, 7) is 0.441. The third-order valence-corrected chi connectivity index (χ3v) is 2.94. The van der Waals surface area contributed by atoms with Gasteiger partial charge in [0.2, 0.25) is 11.8 Å². The molecule has 0 aromatic carbocycles. The summed E-state index contributed by atoms with van der Waals surface area (Å²) in [4.78, 5) is 25.2. The standard InChI is InChI=1S/C13H13NO2/c1-2-3-6-9-14-12(15)10-7-4-5-8-11(10)13(14)16/h1,4-5,7-8,10-11H,3,6,9H2. The lowest BCUT2D eigenvalue weighted by molar-refractivity contribution is -0.139. The van der Waals surface area contributed by atoms with Crippen LogP contribution in [0.1, 0.15) is 12.8 Å². The van der Waals surface area contributed by atoms with Gasteiger partial charge in [0.05, 0.1) is 11.8 Å². The van der Waals surface area contributed by atoms with Crippen LogP contribution in [0, 0.1) is 24.2 Å². The first-order valence-electron chi connectivity index (χ1n) is 5.39. The largest absolute Gasteiger partial charge is 0.282 e. The third-order valence-electron chi connectivity index (χ3n) is 2.94. The number of rotatable bonds is 3. The molecular weight excluding hydrogens is 202 g/mol. The fourth-order valence-corrected chi connectivity index (χ4v) is 2.11. The Morgan fingerprint density at radius 2 is 1.75 bits per heavy atom. The summed E-state index contributed by atoms with van der Waals surface area (Å²) in [6, 6.07) is 0. The second-order valence-corrected chi connectivity index (χ2v) is 3.96. The lowest BCUT2D eigenvalue weighted by atomic mass is 9.91. The highest BCUT2D eigenvalue weighted by Gasteiger charge is 2.44. The van der Waals surface area contributed by atoms with Crippen LogP contribution in [0.2, 0.25) is 0 Å². The van der Waals surface area contributed by atoms with E-state index in [0.717, 1.165) is 0 Å². The molecule has 2 aliphatic rings. The number of likely N-dealkylation sites (tertiary alicyclic amines) is 1. The van der Waals surface area contributed by atoms with Crippen LogP contribution in [-0.2, 0) is 9.59 Å². The minimum Gasteiger partial charge on any atom is -0.282 e. The van der Waals surface area contributed by atoms with Crippen molar-refractivity contribution in [1.82, 2.24) is 4.90 Å². The number of allylic oxidation sites excluding steroid dienone is 2. The molecule has 0 radical (unpaired) electrons. The Hall–Kier alpha value is -1.82. The van der Waals surface area contributed by atoms with Gasteiger partial charge in [0.15, 0.2) is 0 Å². The van der Waals surface area contributed by atoms with E-state index < -0.39 is 0 Å². The Bertz CT molecular complexity index is 384. The van der Waals surface area contributed by atoms with Crippen molar-refractivity contribution >= 4 is 11.8 Å². The SMILES string of the molecule is C#CCCCN1C(=O)C2C=CC=CC2C1=O. The van der Waals surface area contributed by atoms with Crippen LogP contribution in [0.15, 0.2) is 24.3 Å². The van der Waals surface area contributed by atoms with Crippen molar-refractivity contribution in [2.75, 3.05) is 6.54 Å². The molecule has 1 saturated heterocycles. The van der Waals surface area contributed by atoms with Crippen molar-refractivity contribution in [2.24, 2.45) is 11.8 Å². The Balaban J connectivity index is 2.08. The number of terminal acetylenes is 1. The molecule has 2 rings (SSSR count). The van der Waals surface area contributed by atoms with Gasteiger partial charge in [-0.2, -0.15) is 0 Å². The smallest absolute Gasteiger partial charge is 0.237 e. The monoisotopic (exact) mass is 215 g/mol. The number of carbonyl (C=O) groups excluding carboxylic acids is 2. The van der Waals surface area contributed by atoms with Crippen LogP contribution < -0.4 is 0 Å². The second kappa shape index (κ2) is 4.36. The maximum atomic E-state index is 11.9. The van der Waals surface area contributed by atoms with Crippen molar-refractivity contribution in [3.63, 3.8) is 0 Å². The summed E-state index contributed by atoms with van der Waals surface area (Å²) in [5.41, 5.74) is 0. The maximum absolute atomic E-state index is 11.9. The molecule has 3 heteroatoms. The minimum absolute atomic E-state index is 0.0902. The molecule has 1 heterocycles. The molecule has 2 unspecified atom stereocenters. The number of fused-ring (bicyclic) bond motifs is 1. The fraction of sp³-hybridized carbons (Fsp3) is 0.385. The first-order valence-corrected chi connectivity index (χ1v) is 5.39. The average Bonchev–Trinajstić information content (AvgIpc) is 2.55. The summed E-state index contributed by atoms with van der Waals surface area (Å²) in [5.74, 6) is 1.75. The molecule has 2 amide bonds. The van der Waals surface area contributed by atoms with E-state index in [0.29, 0.717) is 19.4 Å². The van der Waals surface area contributed by atoms with Gasteiger partial charge in [-0.05, 0) is 6.42 Å². The van der Waals surface area contributed by atoms with E-state index in [9.17, 15) is 9.59 Å². The molecule has 0 N–H and O–H groups in total. The molecule has 0 bridgehead atoms. The number of carbonyl (C=O) groups is 2. The molecule has 82 valence electrons. The molecule has 1 aliphatic carbocycles. The minimum atomic E-state index is -0.289. The van der Waals surface area contributed by atoms with Crippen LogP contribution in [0.25, 0.3) is 0 Å². The van der Waals surface area contributed by atoms with Gasteiger partial charge in [-0.1, -0.05) is 24.3 Å². The lowest BCUT2D eigenvalue weighted by Gasteiger charge is -2.12. The van der Waals surface area contributed by atoms with Gasteiger partial charge >= 0.3 is 0 Å². The zero-order chi connectivity index (χ0) is 11.5. The van der Waals surface area contributed by atoms with E-state index in [1.807, 2.05) is 12.2 Å².